The molecule has 2 aliphatic heterocycles. The van der Waals surface area contributed by atoms with Gasteiger partial charge in [0.05, 0.1) is 7.11 Å². The topological polar surface area (TPSA) is 29.5 Å². The van der Waals surface area contributed by atoms with Crippen LogP contribution >= 0.6 is 0 Å². The van der Waals surface area contributed by atoms with Crippen LogP contribution in [0.25, 0.3) is 0 Å². The van der Waals surface area contributed by atoms with E-state index in [9.17, 15) is 4.79 Å². The summed E-state index contributed by atoms with van der Waals surface area (Å²) < 4.78 is 4.91. The van der Waals surface area contributed by atoms with Crippen molar-refractivity contribution in [2.75, 3.05) is 20.2 Å². The van der Waals surface area contributed by atoms with Gasteiger partial charge in [0, 0.05) is 0 Å². The zero-order chi connectivity index (χ0) is 9.31. The summed E-state index contributed by atoms with van der Waals surface area (Å²) in [5.41, 5.74) is -0.229. The molecule has 0 amide bonds. The lowest BCUT2D eigenvalue weighted by molar-refractivity contribution is -0.155. The molecule has 0 spiro atoms. The SMILES string of the molecule is COC(=O)C12CCCCN1CCC2. The lowest BCUT2D eigenvalue weighted by atomic mass is 9.86. The van der Waals surface area contributed by atoms with Crippen LogP contribution in [-0.4, -0.2) is 36.6 Å². The fourth-order valence-electron chi connectivity index (χ4n) is 2.79. The third kappa shape index (κ3) is 1.26. The second kappa shape index (κ2) is 3.29. The van der Waals surface area contributed by atoms with E-state index in [0.717, 1.165) is 32.4 Å². The third-order valence-electron chi connectivity index (χ3n) is 3.46. The summed E-state index contributed by atoms with van der Waals surface area (Å²) in [6.45, 7) is 2.16. The molecule has 2 saturated heterocycles. The highest BCUT2D eigenvalue weighted by Crippen LogP contribution is 2.38. The number of rotatable bonds is 1. The Balaban J connectivity index is 2.20. The van der Waals surface area contributed by atoms with Gasteiger partial charge >= 0.3 is 5.97 Å². The molecule has 13 heavy (non-hydrogen) atoms. The molecule has 3 nitrogen and oxygen atoms in total. The van der Waals surface area contributed by atoms with Gasteiger partial charge in [-0.1, -0.05) is 0 Å². The average Bonchev–Trinajstić information content (AvgIpc) is 2.61. The van der Waals surface area contributed by atoms with Gasteiger partial charge in [0.2, 0.25) is 0 Å². The van der Waals surface area contributed by atoms with E-state index in [-0.39, 0.29) is 11.5 Å². The molecule has 2 rings (SSSR count). The summed E-state index contributed by atoms with van der Waals surface area (Å²) in [5.74, 6) is -0.00954. The van der Waals surface area contributed by atoms with Gasteiger partial charge in [-0.05, 0) is 45.2 Å². The van der Waals surface area contributed by atoms with Crippen molar-refractivity contribution in [3.8, 4) is 0 Å². The zero-order valence-corrected chi connectivity index (χ0v) is 8.21. The summed E-state index contributed by atoms with van der Waals surface area (Å²) in [6.07, 6.45) is 5.55. The van der Waals surface area contributed by atoms with Crippen LogP contribution in [0.5, 0.6) is 0 Å². The molecule has 0 aromatic carbocycles. The van der Waals surface area contributed by atoms with E-state index in [1.165, 1.54) is 20.0 Å². The molecule has 2 fully saturated rings. The third-order valence-corrected chi connectivity index (χ3v) is 3.46. The number of methoxy groups -OCH3 is 1. The Hall–Kier alpha value is -0.570. The Labute approximate surface area is 79.0 Å². The molecular weight excluding hydrogens is 166 g/mol. The number of fused-ring (bicyclic) bond motifs is 1. The van der Waals surface area contributed by atoms with Crippen molar-refractivity contribution in [1.29, 1.82) is 0 Å². The largest absolute Gasteiger partial charge is 0.468 e. The van der Waals surface area contributed by atoms with E-state index in [1.807, 2.05) is 0 Å². The molecule has 0 aliphatic carbocycles. The number of hydrogen-bond acceptors (Lipinski definition) is 3. The number of carbonyl (C=O) groups is 1. The van der Waals surface area contributed by atoms with Crippen LogP contribution in [0, 0.1) is 0 Å². The van der Waals surface area contributed by atoms with Gasteiger partial charge in [-0.2, -0.15) is 0 Å². The Bertz CT molecular complexity index is 217. The first-order valence-electron chi connectivity index (χ1n) is 5.13. The zero-order valence-electron chi connectivity index (χ0n) is 8.21. The number of piperidine rings is 1. The van der Waals surface area contributed by atoms with Gasteiger partial charge in [-0.25, -0.2) is 0 Å². The van der Waals surface area contributed by atoms with Crippen molar-refractivity contribution < 1.29 is 9.53 Å². The van der Waals surface area contributed by atoms with Gasteiger partial charge < -0.3 is 4.74 Å². The molecule has 74 valence electrons. The summed E-state index contributed by atoms with van der Waals surface area (Å²) in [5, 5.41) is 0. The highest BCUT2D eigenvalue weighted by molar-refractivity contribution is 5.81. The van der Waals surface area contributed by atoms with Crippen LogP contribution in [0.15, 0.2) is 0 Å². The van der Waals surface area contributed by atoms with Crippen LogP contribution in [0.2, 0.25) is 0 Å². The van der Waals surface area contributed by atoms with E-state index < -0.39 is 0 Å². The summed E-state index contributed by atoms with van der Waals surface area (Å²) in [4.78, 5) is 14.0. The van der Waals surface area contributed by atoms with Crippen LogP contribution in [-0.2, 0) is 9.53 Å². The number of ether oxygens (including phenoxy) is 1. The molecule has 0 aromatic rings. The Morgan fingerprint density at radius 1 is 1.23 bits per heavy atom. The van der Waals surface area contributed by atoms with Gasteiger partial charge in [0.15, 0.2) is 0 Å². The van der Waals surface area contributed by atoms with E-state index in [0.29, 0.717) is 0 Å². The minimum atomic E-state index is -0.229. The average molecular weight is 183 g/mol. The standard InChI is InChI=1S/C10H17NO2/c1-13-9(12)10-5-2-3-7-11(10)8-4-6-10/h2-8H2,1H3. The predicted octanol–water partition coefficient (Wildman–Crippen LogP) is 1.18. The lowest BCUT2D eigenvalue weighted by Crippen LogP contribution is -2.53. The van der Waals surface area contributed by atoms with Crippen LogP contribution in [0.4, 0.5) is 0 Å². The molecule has 1 unspecified atom stereocenters. The number of nitrogens with zero attached hydrogens (tertiary/aromatic N) is 1. The highest BCUT2D eigenvalue weighted by atomic mass is 16.5. The summed E-state index contributed by atoms with van der Waals surface area (Å²) in [6, 6.07) is 0. The van der Waals surface area contributed by atoms with Crippen molar-refractivity contribution >= 4 is 5.97 Å². The van der Waals surface area contributed by atoms with Crippen molar-refractivity contribution in [3.63, 3.8) is 0 Å². The summed E-state index contributed by atoms with van der Waals surface area (Å²) in [7, 11) is 1.50. The van der Waals surface area contributed by atoms with Gasteiger partial charge in [-0.3, -0.25) is 9.69 Å². The van der Waals surface area contributed by atoms with Crippen molar-refractivity contribution in [2.24, 2.45) is 0 Å². The van der Waals surface area contributed by atoms with Crippen LogP contribution in [0.1, 0.15) is 32.1 Å². The monoisotopic (exact) mass is 183 g/mol. The van der Waals surface area contributed by atoms with Crippen molar-refractivity contribution in [2.45, 2.75) is 37.6 Å². The van der Waals surface area contributed by atoms with Gasteiger partial charge in [0.25, 0.3) is 0 Å². The van der Waals surface area contributed by atoms with E-state index in [1.54, 1.807) is 0 Å². The van der Waals surface area contributed by atoms with Crippen LogP contribution in [0.3, 0.4) is 0 Å². The highest BCUT2D eigenvalue weighted by Gasteiger charge is 2.49. The van der Waals surface area contributed by atoms with Crippen LogP contribution < -0.4 is 0 Å². The second-order valence-corrected chi connectivity index (χ2v) is 4.07. The fourth-order valence-corrected chi connectivity index (χ4v) is 2.79. The van der Waals surface area contributed by atoms with Crippen molar-refractivity contribution in [1.82, 2.24) is 4.90 Å². The molecule has 0 bridgehead atoms. The predicted molar refractivity (Wildman–Crippen MR) is 49.4 cm³/mol. The fraction of sp³-hybridized carbons (Fsp3) is 0.900. The number of carbonyl (C=O) groups excluding carboxylic acids is 1. The molecule has 0 radical (unpaired) electrons. The molecular formula is C10H17NO2. The molecule has 0 saturated carbocycles. The quantitative estimate of drug-likeness (QED) is 0.572. The molecule has 3 heteroatoms. The van der Waals surface area contributed by atoms with E-state index in [4.69, 9.17) is 4.74 Å². The molecule has 0 aromatic heterocycles. The lowest BCUT2D eigenvalue weighted by Gasteiger charge is -2.39. The Kier molecular flexibility index (Phi) is 2.28. The minimum Gasteiger partial charge on any atom is -0.468 e. The summed E-state index contributed by atoms with van der Waals surface area (Å²) >= 11 is 0. The second-order valence-electron chi connectivity index (χ2n) is 4.07. The number of esters is 1. The molecule has 1 atom stereocenters. The first kappa shape index (κ1) is 9.00. The molecule has 2 heterocycles. The minimum absolute atomic E-state index is 0.00954. The Morgan fingerprint density at radius 3 is 2.69 bits per heavy atom. The normalized spacial score (nSPS) is 34.2. The van der Waals surface area contributed by atoms with E-state index >= 15 is 0 Å². The maximum absolute atomic E-state index is 11.7. The first-order chi connectivity index (χ1) is 6.29. The van der Waals surface area contributed by atoms with Gasteiger partial charge in [0.1, 0.15) is 5.54 Å². The molecule has 2 aliphatic rings. The van der Waals surface area contributed by atoms with Crippen molar-refractivity contribution in [3.05, 3.63) is 0 Å². The van der Waals surface area contributed by atoms with E-state index in [2.05, 4.69) is 4.90 Å². The molecule has 0 N–H and O–H groups in total. The smallest absolute Gasteiger partial charge is 0.326 e. The first-order valence-corrected chi connectivity index (χ1v) is 5.13. The maximum Gasteiger partial charge on any atom is 0.326 e. The maximum atomic E-state index is 11.7. The van der Waals surface area contributed by atoms with Gasteiger partial charge in [-0.15, -0.1) is 0 Å². The Morgan fingerprint density at radius 2 is 1.92 bits per heavy atom. The number of hydrogen-bond donors (Lipinski definition) is 0.